The van der Waals surface area contributed by atoms with Crippen molar-refractivity contribution in [1.29, 1.82) is 0 Å². The number of halogens is 3. The summed E-state index contributed by atoms with van der Waals surface area (Å²) in [6, 6.07) is 10.5. The largest absolute Gasteiger partial charge is 0.416 e. The van der Waals surface area contributed by atoms with Crippen molar-refractivity contribution in [3.05, 3.63) is 83.4 Å². The Hall–Kier alpha value is -3.15. The molecule has 146 valence electrons. The number of nitrogens with zero attached hydrogens (tertiary/aromatic N) is 2. The van der Waals surface area contributed by atoms with Gasteiger partial charge in [-0.25, -0.2) is 9.98 Å². The molecule has 0 saturated carbocycles. The van der Waals surface area contributed by atoms with Crippen molar-refractivity contribution in [2.24, 2.45) is 15.7 Å². The number of benzene rings is 2. The molecular formula is C22H22F3N3. The first-order valence-electron chi connectivity index (χ1n) is 8.52. The van der Waals surface area contributed by atoms with E-state index in [1.54, 1.807) is 13.8 Å². The summed E-state index contributed by atoms with van der Waals surface area (Å²) in [5.41, 5.74) is 9.77. The second-order valence-corrected chi connectivity index (χ2v) is 6.43. The number of amidine groups is 1. The molecule has 0 aromatic heterocycles. The summed E-state index contributed by atoms with van der Waals surface area (Å²) < 4.78 is 38.0. The van der Waals surface area contributed by atoms with E-state index in [1.807, 2.05) is 25.1 Å². The summed E-state index contributed by atoms with van der Waals surface area (Å²) in [4.78, 5) is 8.79. The van der Waals surface area contributed by atoms with E-state index in [2.05, 4.69) is 23.1 Å². The van der Waals surface area contributed by atoms with Crippen LogP contribution in [0.2, 0.25) is 0 Å². The Morgan fingerprint density at radius 3 is 2.04 bits per heavy atom. The zero-order valence-corrected chi connectivity index (χ0v) is 16.1. The third-order valence-corrected chi connectivity index (χ3v) is 4.18. The fourth-order valence-electron chi connectivity index (χ4n) is 2.62. The summed E-state index contributed by atoms with van der Waals surface area (Å²) in [5, 5.41) is 0. The standard InChI is InChI=1S/C22H22F3N3/c1-13-6-7-19(14(2)26)12-21(13)16(4)28-17(5)27-15(3)18-8-10-20(11-9-18)22(23,24)25/h6-12H,2,4,26H2,1,3,5H3. The average molecular weight is 385 g/mol. The molecule has 0 amide bonds. The van der Waals surface area contributed by atoms with Gasteiger partial charge in [-0.15, -0.1) is 0 Å². The summed E-state index contributed by atoms with van der Waals surface area (Å²) in [6.07, 6.45) is -4.36. The molecule has 0 bridgehead atoms. The summed E-state index contributed by atoms with van der Waals surface area (Å²) in [5.74, 6) is 0.443. The zero-order chi connectivity index (χ0) is 21.1. The maximum Gasteiger partial charge on any atom is 0.416 e. The van der Waals surface area contributed by atoms with Gasteiger partial charge in [-0.2, -0.15) is 13.2 Å². The number of alkyl halides is 3. The molecule has 3 nitrogen and oxygen atoms in total. The predicted molar refractivity (Wildman–Crippen MR) is 110 cm³/mol. The van der Waals surface area contributed by atoms with Crippen LogP contribution in [-0.2, 0) is 6.18 Å². The van der Waals surface area contributed by atoms with Crippen molar-refractivity contribution in [3.8, 4) is 0 Å². The quantitative estimate of drug-likeness (QED) is 0.521. The normalized spacial score (nSPS) is 12.8. The van der Waals surface area contributed by atoms with Crippen molar-refractivity contribution in [1.82, 2.24) is 0 Å². The van der Waals surface area contributed by atoms with Gasteiger partial charge in [0.05, 0.1) is 11.3 Å². The maximum absolute atomic E-state index is 12.7. The van der Waals surface area contributed by atoms with Crippen LogP contribution in [0.3, 0.4) is 0 Å². The van der Waals surface area contributed by atoms with Gasteiger partial charge >= 0.3 is 6.18 Å². The summed E-state index contributed by atoms with van der Waals surface area (Å²) in [7, 11) is 0. The van der Waals surface area contributed by atoms with Crippen LogP contribution < -0.4 is 5.73 Å². The number of rotatable bonds is 4. The van der Waals surface area contributed by atoms with Gasteiger partial charge in [0.2, 0.25) is 0 Å². The Balaban J connectivity index is 2.26. The molecule has 0 radical (unpaired) electrons. The van der Waals surface area contributed by atoms with Gasteiger partial charge in [-0.05, 0) is 55.7 Å². The predicted octanol–water partition coefficient (Wildman–Crippen LogP) is 5.84. The van der Waals surface area contributed by atoms with Gasteiger partial charge in [0.25, 0.3) is 0 Å². The number of aliphatic imine (C=N–C) groups is 2. The molecule has 0 atom stereocenters. The second kappa shape index (κ2) is 8.25. The van der Waals surface area contributed by atoms with Gasteiger partial charge in [0.1, 0.15) is 5.84 Å². The van der Waals surface area contributed by atoms with Gasteiger partial charge in [-0.1, -0.05) is 37.4 Å². The highest BCUT2D eigenvalue weighted by molar-refractivity contribution is 6.06. The van der Waals surface area contributed by atoms with Crippen LogP contribution in [0.25, 0.3) is 11.4 Å². The van der Waals surface area contributed by atoms with E-state index in [-0.39, 0.29) is 0 Å². The first-order valence-corrected chi connectivity index (χ1v) is 8.52. The lowest BCUT2D eigenvalue weighted by atomic mass is 10.0. The molecule has 0 unspecified atom stereocenters. The molecule has 0 spiro atoms. The summed E-state index contributed by atoms with van der Waals surface area (Å²) >= 11 is 0. The molecule has 28 heavy (non-hydrogen) atoms. The molecule has 0 saturated heterocycles. The first-order chi connectivity index (χ1) is 13.0. The van der Waals surface area contributed by atoms with E-state index >= 15 is 0 Å². The highest BCUT2D eigenvalue weighted by Gasteiger charge is 2.29. The fourth-order valence-corrected chi connectivity index (χ4v) is 2.62. The summed E-state index contributed by atoms with van der Waals surface area (Å²) in [6.45, 7) is 13.1. The Labute approximate surface area is 162 Å². The van der Waals surface area contributed by atoms with Crippen LogP contribution >= 0.6 is 0 Å². The minimum atomic E-state index is -4.36. The molecule has 0 aliphatic carbocycles. The molecule has 0 aliphatic heterocycles. The number of hydrogen-bond donors (Lipinski definition) is 1. The van der Waals surface area contributed by atoms with Gasteiger partial charge < -0.3 is 5.73 Å². The number of nitrogens with two attached hydrogens (primary N) is 1. The molecule has 2 N–H and O–H groups in total. The van der Waals surface area contributed by atoms with Crippen LogP contribution in [0.15, 0.2) is 65.6 Å². The van der Waals surface area contributed by atoms with Crippen molar-refractivity contribution in [3.63, 3.8) is 0 Å². The van der Waals surface area contributed by atoms with E-state index in [4.69, 9.17) is 5.73 Å². The topological polar surface area (TPSA) is 50.7 Å². The second-order valence-electron chi connectivity index (χ2n) is 6.43. The minimum absolute atomic E-state index is 0.443. The molecule has 6 heteroatoms. The van der Waals surface area contributed by atoms with Crippen LogP contribution in [0.1, 0.15) is 41.7 Å². The van der Waals surface area contributed by atoms with E-state index in [1.165, 1.54) is 12.1 Å². The van der Waals surface area contributed by atoms with E-state index < -0.39 is 11.7 Å². The maximum atomic E-state index is 12.7. The van der Waals surface area contributed by atoms with Crippen LogP contribution in [0.4, 0.5) is 13.2 Å². The molecular weight excluding hydrogens is 363 g/mol. The monoisotopic (exact) mass is 385 g/mol. The lowest BCUT2D eigenvalue weighted by molar-refractivity contribution is -0.137. The van der Waals surface area contributed by atoms with Crippen molar-refractivity contribution in [2.45, 2.75) is 26.9 Å². The fraction of sp³-hybridized carbons (Fsp3) is 0.182. The molecule has 2 rings (SSSR count). The van der Waals surface area contributed by atoms with E-state index in [0.717, 1.165) is 28.8 Å². The molecule has 0 aliphatic rings. The third-order valence-electron chi connectivity index (χ3n) is 4.18. The van der Waals surface area contributed by atoms with Gasteiger partial charge in [0.15, 0.2) is 0 Å². The lowest BCUT2D eigenvalue weighted by Crippen LogP contribution is -2.06. The van der Waals surface area contributed by atoms with Crippen molar-refractivity contribution < 1.29 is 13.2 Å². The van der Waals surface area contributed by atoms with E-state index in [9.17, 15) is 13.2 Å². The van der Waals surface area contributed by atoms with Crippen LogP contribution in [0, 0.1) is 6.92 Å². The van der Waals surface area contributed by atoms with Gasteiger partial charge in [-0.3, -0.25) is 0 Å². The molecule has 2 aromatic rings. The zero-order valence-electron chi connectivity index (χ0n) is 16.1. The molecule has 0 fully saturated rings. The van der Waals surface area contributed by atoms with E-state index in [0.29, 0.717) is 28.5 Å². The Morgan fingerprint density at radius 2 is 1.50 bits per heavy atom. The highest BCUT2D eigenvalue weighted by Crippen LogP contribution is 2.29. The smallest absolute Gasteiger partial charge is 0.399 e. The Kier molecular flexibility index (Phi) is 6.23. The average Bonchev–Trinajstić information content (AvgIpc) is 2.60. The number of hydrogen-bond acceptors (Lipinski definition) is 2. The highest BCUT2D eigenvalue weighted by atomic mass is 19.4. The SMILES string of the molecule is C=C(N)c1ccc(C)c(C(=C)N=C(C)N=C(C)c2ccc(C(F)(F)F)cc2)c1. The molecule has 0 heterocycles. The first kappa shape index (κ1) is 21.2. The third kappa shape index (κ3) is 5.19. The van der Waals surface area contributed by atoms with Crippen molar-refractivity contribution >= 4 is 22.9 Å². The minimum Gasteiger partial charge on any atom is -0.399 e. The Bertz CT molecular complexity index is 966. The number of aryl methyl sites for hydroxylation is 1. The molecule has 2 aromatic carbocycles. The lowest BCUT2D eigenvalue weighted by Gasteiger charge is -2.09. The van der Waals surface area contributed by atoms with Crippen LogP contribution in [0.5, 0.6) is 0 Å². The Morgan fingerprint density at radius 1 is 0.929 bits per heavy atom. The van der Waals surface area contributed by atoms with Gasteiger partial charge in [0, 0.05) is 17.0 Å². The van der Waals surface area contributed by atoms with Crippen molar-refractivity contribution in [2.75, 3.05) is 0 Å². The van der Waals surface area contributed by atoms with Crippen LogP contribution in [-0.4, -0.2) is 11.5 Å².